The second-order valence-corrected chi connectivity index (χ2v) is 6.72. The number of morpholine rings is 1. The van der Waals surface area contributed by atoms with Crippen LogP contribution in [0.1, 0.15) is 32.4 Å². The Labute approximate surface area is 139 Å². The Kier molecular flexibility index (Phi) is 6.85. The van der Waals surface area contributed by atoms with E-state index in [-0.39, 0.29) is 35.9 Å². The van der Waals surface area contributed by atoms with E-state index in [0.29, 0.717) is 19.6 Å². The van der Waals surface area contributed by atoms with Crippen LogP contribution in [-0.4, -0.2) is 43.6 Å². The van der Waals surface area contributed by atoms with E-state index in [9.17, 15) is 4.79 Å². The van der Waals surface area contributed by atoms with Crippen molar-refractivity contribution in [2.45, 2.75) is 33.0 Å². The smallest absolute Gasteiger partial charge is 0.236 e. The van der Waals surface area contributed by atoms with Gasteiger partial charge in [0.05, 0.1) is 19.2 Å². The van der Waals surface area contributed by atoms with Crippen LogP contribution in [-0.2, 0) is 9.53 Å². The lowest BCUT2D eigenvalue weighted by Gasteiger charge is -2.43. The van der Waals surface area contributed by atoms with Gasteiger partial charge in [0.15, 0.2) is 0 Å². The minimum absolute atomic E-state index is 0. The van der Waals surface area contributed by atoms with Gasteiger partial charge < -0.3 is 15.0 Å². The lowest BCUT2D eigenvalue weighted by atomic mass is 9.87. The molecule has 2 rings (SSSR count). The van der Waals surface area contributed by atoms with Crippen molar-refractivity contribution in [3.63, 3.8) is 0 Å². The van der Waals surface area contributed by atoms with Crippen LogP contribution in [0.2, 0.25) is 0 Å². The molecule has 0 aliphatic carbocycles. The van der Waals surface area contributed by atoms with Crippen molar-refractivity contribution >= 4 is 18.3 Å². The first-order chi connectivity index (χ1) is 9.91. The predicted molar refractivity (Wildman–Crippen MR) is 91.3 cm³/mol. The Morgan fingerprint density at radius 1 is 1.27 bits per heavy atom. The average molecular weight is 327 g/mol. The maximum absolute atomic E-state index is 12.3. The topological polar surface area (TPSA) is 41.6 Å². The van der Waals surface area contributed by atoms with Crippen LogP contribution < -0.4 is 5.32 Å². The van der Waals surface area contributed by atoms with Crippen molar-refractivity contribution < 1.29 is 9.53 Å². The number of benzene rings is 1. The number of carbonyl (C=O) groups is 1. The highest BCUT2D eigenvalue weighted by Crippen LogP contribution is 2.33. The molecule has 2 atom stereocenters. The van der Waals surface area contributed by atoms with E-state index in [1.165, 1.54) is 0 Å². The lowest BCUT2D eigenvalue weighted by Crippen LogP contribution is -2.52. The first-order valence-electron chi connectivity index (χ1n) is 7.54. The number of amides is 1. The van der Waals surface area contributed by atoms with Crippen molar-refractivity contribution in [3.8, 4) is 0 Å². The van der Waals surface area contributed by atoms with Crippen molar-refractivity contribution in [2.24, 2.45) is 5.41 Å². The molecule has 0 unspecified atom stereocenters. The largest absolute Gasteiger partial charge is 0.366 e. The van der Waals surface area contributed by atoms with Gasteiger partial charge in [-0.25, -0.2) is 0 Å². The van der Waals surface area contributed by atoms with E-state index >= 15 is 0 Å². The van der Waals surface area contributed by atoms with Gasteiger partial charge in [-0.05, 0) is 18.0 Å². The van der Waals surface area contributed by atoms with Gasteiger partial charge in [0, 0.05) is 6.54 Å². The number of rotatable bonds is 3. The fourth-order valence-electron chi connectivity index (χ4n) is 2.56. The fourth-order valence-corrected chi connectivity index (χ4v) is 2.56. The van der Waals surface area contributed by atoms with Crippen molar-refractivity contribution in [1.82, 2.24) is 10.2 Å². The molecule has 1 aromatic rings. The molecule has 1 amide bonds. The summed E-state index contributed by atoms with van der Waals surface area (Å²) in [6.07, 6.45) is -0.0118. The Hall–Kier alpha value is -1.10. The Morgan fingerprint density at radius 3 is 2.45 bits per heavy atom. The molecule has 0 spiro atoms. The van der Waals surface area contributed by atoms with Gasteiger partial charge in [-0.15, -0.1) is 12.4 Å². The highest BCUT2D eigenvalue weighted by atomic mass is 35.5. The molecule has 1 N–H and O–H groups in total. The molecule has 1 heterocycles. The van der Waals surface area contributed by atoms with Gasteiger partial charge in [0.2, 0.25) is 5.91 Å². The van der Waals surface area contributed by atoms with Gasteiger partial charge >= 0.3 is 0 Å². The average Bonchev–Trinajstić information content (AvgIpc) is 2.47. The first kappa shape index (κ1) is 18.9. The molecule has 0 radical (unpaired) electrons. The van der Waals surface area contributed by atoms with Crippen molar-refractivity contribution in [2.75, 3.05) is 26.7 Å². The third-order valence-corrected chi connectivity index (χ3v) is 3.92. The third-order valence-electron chi connectivity index (χ3n) is 3.92. The van der Waals surface area contributed by atoms with Gasteiger partial charge in [0.1, 0.15) is 6.10 Å². The van der Waals surface area contributed by atoms with Crippen LogP contribution in [0.25, 0.3) is 0 Å². The molecule has 0 bridgehead atoms. The van der Waals surface area contributed by atoms with Crippen LogP contribution in [0, 0.1) is 5.41 Å². The quantitative estimate of drug-likeness (QED) is 0.928. The molecule has 0 aromatic heterocycles. The Balaban J connectivity index is 0.00000242. The van der Waals surface area contributed by atoms with Crippen molar-refractivity contribution in [3.05, 3.63) is 35.9 Å². The molecule has 1 aliphatic heterocycles. The van der Waals surface area contributed by atoms with Crippen LogP contribution in [0.15, 0.2) is 30.3 Å². The van der Waals surface area contributed by atoms with Crippen LogP contribution in [0.4, 0.5) is 0 Å². The second kappa shape index (κ2) is 7.95. The first-order valence-corrected chi connectivity index (χ1v) is 7.54. The number of hydrogen-bond donors (Lipinski definition) is 1. The van der Waals surface area contributed by atoms with Crippen LogP contribution >= 0.6 is 12.4 Å². The molecule has 4 nitrogen and oxygen atoms in total. The van der Waals surface area contributed by atoms with E-state index < -0.39 is 0 Å². The normalized spacial score (nSPS) is 22.1. The van der Waals surface area contributed by atoms with Crippen LogP contribution in [0.3, 0.4) is 0 Å². The molecular formula is C17H27ClN2O2. The molecular weight excluding hydrogens is 300 g/mol. The summed E-state index contributed by atoms with van der Waals surface area (Å²) in [5, 5.41) is 2.94. The summed E-state index contributed by atoms with van der Waals surface area (Å²) in [4.78, 5) is 14.2. The number of carbonyl (C=O) groups excluding carboxylic acids is 1. The zero-order valence-electron chi connectivity index (χ0n) is 13.8. The van der Waals surface area contributed by atoms with Gasteiger partial charge in [-0.3, -0.25) is 4.79 Å². The third kappa shape index (κ3) is 4.70. The molecule has 1 fully saturated rings. The monoisotopic (exact) mass is 326 g/mol. The Morgan fingerprint density at radius 2 is 1.91 bits per heavy atom. The zero-order valence-corrected chi connectivity index (χ0v) is 14.7. The van der Waals surface area contributed by atoms with E-state index in [1.54, 1.807) is 7.05 Å². The number of halogens is 1. The van der Waals surface area contributed by atoms with Gasteiger partial charge in [-0.2, -0.15) is 0 Å². The van der Waals surface area contributed by atoms with Crippen LogP contribution in [0.5, 0.6) is 0 Å². The molecule has 1 aromatic carbocycles. The zero-order chi connectivity index (χ0) is 15.5. The molecule has 0 saturated carbocycles. The molecule has 5 heteroatoms. The predicted octanol–water partition coefficient (Wildman–Crippen LogP) is 2.64. The minimum Gasteiger partial charge on any atom is -0.366 e. The summed E-state index contributed by atoms with van der Waals surface area (Å²) in [6.45, 7) is 8.13. The van der Waals surface area contributed by atoms with E-state index in [1.807, 2.05) is 23.1 Å². The molecule has 22 heavy (non-hydrogen) atoms. The van der Waals surface area contributed by atoms with Gasteiger partial charge in [-0.1, -0.05) is 51.1 Å². The summed E-state index contributed by atoms with van der Waals surface area (Å²) in [5.74, 6) is 0.135. The maximum Gasteiger partial charge on any atom is 0.236 e. The van der Waals surface area contributed by atoms with Gasteiger partial charge in [0.25, 0.3) is 0 Å². The number of nitrogens with one attached hydrogen (secondary N) is 1. The highest BCUT2D eigenvalue weighted by Gasteiger charge is 2.37. The number of nitrogens with zero attached hydrogens (tertiary/aromatic N) is 1. The summed E-state index contributed by atoms with van der Waals surface area (Å²) in [7, 11) is 1.80. The summed E-state index contributed by atoms with van der Waals surface area (Å²) < 4.78 is 6.28. The fraction of sp³-hybridized carbons (Fsp3) is 0.588. The summed E-state index contributed by atoms with van der Waals surface area (Å²) in [5.41, 5.74) is 1.14. The number of hydrogen-bond acceptors (Lipinski definition) is 3. The molecule has 1 aliphatic rings. The Bertz CT molecular complexity index is 473. The maximum atomic E-state index is 12.3. The lowest BCUT2D eigenvalue weighted by molar-refractivity contribution is -0.156. The highest BCUT2D eigenvalue weighted by molar-refractivity contribution is 5.85. The van der Waals surface area contributed by atoms with Crippen molar-refractivity contribution in [1.29, 1.82) is 0 Å². The standard InChI is InChI=1S/C17H26N2O2.ClH/c1-17(2,3)15-12-19(16(20)10-18-4)11-14(21-15)13-8-6-5-7-9-13;/h5-9,14-15,18H,10-12H2,1-4H3;1H/t14-,15+;/m0./s1. The summed E-state index contributed by atoms with van der Waals surface area (Å²) >= 11 is 0. The second-order valence-electron chi connectivity index (χ2n) is 6.72. The number of ether oxygens (including phenoxy) is 1. The molecule has 1 saturated heterocycles. The van der Waals surface area contributed by atoms with E-state index in [4.69, 9.17) is 4.74 Å². The minimum atomic E-state index is -0.0509. The summed E-state index contributed by atoms with van der Waals surface area (Å²) in [6, 6.07) is 10.2. The SMILES string of the molecule is CNCC(=O)N1C[C@@H](c2ccccc2)O[C@@H](C(C)(C)C)C1.Cl. The molecule has 124 valence electrons. The van der Waals surface area contributed by atoms with E-state index in [0.717, 1.165) is 5.56 Å². The number of likely N-dealkylation sites (N-methyl/N-ethyl adjacent to an activating group) is 1. The van der Waals surface area contributed by atoms with E-state index in [2.05, 4.69) is 38.2 Å².